The van der Waals surface area contributed by atoms with Crippen LogP contribution in [0.25, 0.3) is 87.9 Å². The average Bonchev–Trinajstić information content (AvgIpc) is 3.51. The first-order chi connectivity index (χ1) is 24.3. The van der Waals surface area contributed by atoms with Crippen LogP contribution in [-0.4, -0.2) is 4.98 Å². The monoisotopic (exact) mass is 637 g/mol. The van der Waals surface area contributed by atoms with Crippen LogP contribution in [0.1, 0.15) is 49.9 Å². The summed E-state index contributed by atoms with van der Waals surface area (Å²) in [6.07, 6.45) is 0. The van der Waals surface area contributed by atoms with Crippen molar-refractivity contribution in [3.05, 3.63) is 162 Å². The first-order valence-corrected chi connectivity index (χ1v) is 17.8. The van der Waals surface area contributed by atoms with E-state index in [1.807, 2.05) is 0 Å². The Kier molecular flexibility index (Phi) is 5.31. The average molecular weight is 638 g/mol. The molecule has 0 saturated carbocycles. The number of benzene rings is 8. The van der Waals surface area contributed by atoms with E-state index in [4.69, 9.17) is 4.98 Å². The zero-order chi connectivity index (χ0) is 33.5. The molecule has 1 heterocycles. The molecule has 1 aromatic heterocycles. The fourth-order valence-corrected chi connectivity index (χ4v) is 9.51. The number of aromatic nitrogens is 1. The summed E-state index contributed by atoms with van der Waals surface area (Å²) in [5.74, 6) is 0. The fourth-order valence-electron chi connectivity index (χ4n) is 9.51. The van der Waals surface area contributed by atoms with Crippen LogP contribution in [0.2, 0.25) is 0 Å². The maximum atomic E-state index is 5.31. The number of pyridine rings is 1. The summed E-state index contributed by atoms with van der Waals surface area (Å²) >= 11 is 0. The van der Waals surface area contributed by atoms with Crippen LogP contribution < -0.4 is 0 Å². The fraction of sp³-hybridized carbons (Fsp3) is 0.122. The molecule has 2 aliphatic carbocycles. The Hall–Kier alpha value is -5.79. The Morgan fingerprint density at radius 2 is 0.920 bits per heavy atom. The number of hydrogen-bond donors (Lipinski definition) is 0. The SMILES string of the molecule is CC1(C)c2cc(-c3cccc(-c4ccc5c(c4)C(C)(C)c4cc6ccc7cccc8ccc(c4-5)c6c78)n3)ccc2-c2cc3ccccc3cc21. The van der Waals surface area contributed by atoms with Crippen molar-refractivity contribution in [3.8, 4) is 44.8 Å². The van der Waals surface area contributed by atoms with Crippen LogP contribution in [0.15, 0.2) is 140 Å². The molecular weight excluding hydrogens is 603 g/mol. The van der Waals surface area contributed by atoms with Gasteiger partial charge in [-0.2, -0.15) is 0 Å². The van der Waals surface area contributed by atoms with Crippen molar-refractivity contribution in [1.29, 1.82) is 0 Å². The second kappa shape index (κ2) is 9.46. The zero-order valence-electron chi connectivity index (χ0n) is 28.7. The highest BCUT2D eigenvalue weighted by Gasteiger charge is 2.38. The van der Waals surface area contributed by atoms with Crippen LogP contribution in [0, 0.1) is 0 Å². The van der Waals surface area contributed by atoms with Gasteiger partial charge in [0.25, 0.3) is 0 Å². The second-order valence-electron chi connectivity index (χ2n) is 15.6. The number of nitrogens with zero attached hydrogens (tertiary/aromatic N) is 1. The Labute approximate surface area is 292 Å². The van der Waals surface area contributed by atoms with Crippen molar-refractivity contribution < 1.29 is 0 Å². The van der Waals surface area contributed by atoms with E-state index < -0.39 is 0 Å². The first kappa shape index (κ1) is 28.1. The lowest BCUT2D eigenvalue weighted by molar-refractivity contribution is 0.661. The van der Waals surface area contributed by atoms with Gasteiger partial charge in [0, 0.05) is 22.0 Å². The van der Waals surface area contributed by atoms with Crippen molar-refractivity contribution in [2.45, 2.75) is 38.5 Å². The minimum absolute atomic E-state index is 0.0872. The van der Waals surface area contributed by atoms with Gasteiger partial charge in [0.05, 0.1) is 11.4 Å². The van der Waals surface area contributed by atoms with Crippen LogP contribution in [0.3, 0.4) is 0 Å². The molecule has 0 radical (unpaired) electrons. The lowest BCUT2D eigenvalue weighted by atomic mass is 9.80. The first-order valence-electron chi connectivity index (χ1n) is 17.8. The van der Waals surface area contributed by atoms with Crippen LogP contribution in [0.5, 0.6) is 0 Å². The third-order valence-corrected chi connectivity index (χ3v) is 12.2. The Morgan fingerprint density at radius 3 is 1.66 bits per heavy atom. The van der Waals surface area contributed by atoms with Crippen molar-refractivity contribution in [3.63, 3.8) is 0 Å². The quantitative estimate of drug-likeness (QED) is 0.172. The molecule has 11 rings (SSSR count). The van der Waals surface area contributed by atoms with Gasteiger partial charge in [0.2, 0.25) is 0 Å². The highest BCUT2D eigenvalue weighted by molar-refractivity contribution is 6.26. The van der Waals surface area contributed by atoms with Gasteiger partial charge in [0.15, 0.2) is 0 Å². The van der Waals surface area contributed by atoms with Gasteiger partial charge >= 0.3 is 0 Å². The molecule has 50 heavy (non-hydrogen) atoms. The number of fused-ring (bicyclic) bond motifs is 8. The van der Waals surface area contributed by atoms with E-state index in [2.05, 4.69) is 167 Å². The summed E-state index contributed by atoms with van der Waals surface area (Å²) in [6.45, 7) is 9.49. The molecule has 0 aliphatic heterocycles. The van der Waals surface area contributed by atoms with Crippen LogP contribution in [-0.2, 0) is 10.8 Å². The van der Waals surface area contributed by atoms with E-state index in [0.29, 0.717) is 0 Å². The third-order valence-electron chi connectivity index (χ3n) is 12.2. The molecule has 1 heteroatoms. The van der Waals surface area contributed by atoms with Gasteiger partial charge in [-0.05, 0) is 130 Å². The van der Waals surface area contributed by atoms with E-state index in [-0.39, 0.29) is 10.8 Å². The van der Waals surface area contributed by atoms with E-state index in [9.17, 15) is 0 Å². The summed E-state index contributed by atoms with van der Waals surface area (Å²) in [6, 6.07) is 52.3. The van der Waals surface area contributed by atoms with Gasteiger partial charge in [-0.25, -0.2) is 4.98 Å². The minimum atomic E-state index is -0.131. The van der Waals surface area contributed by atoms with E-state index in [1.54, 1.807) is 0 Å². The molecule has 2 aliphatic rings. The predicted octanol–water partition coefficient (Wildman–Crippen LogP) is 13.1. The number of hydrogen-bond acceptors (Lipinski definition) is 1. The van der Waals surface area contributed by atoms with Gasteiger partial charge < -0.3 is 0 Å². The summed E-state index contributed by atoms with van der Waals surface area (Å²) in [4.78, 5) is 5.31. The second-order valence-corrected chi connectivity index (χ2v) is 15.6. The molecule has 0 bridgehead atoms. The van der Waals surface area contributed by atoms with Crippen molar-refractivity contribution in [2.24, 2.45) is 0 Å². The molecular formula is C49H35N. The predicted molar refractivity (Wildman–Crippen MR) is 211 cm³/mol. The molecule has 0 spiro atoms. The Morgan fingerprint density at radius 1 is 0.380 bits per heavy atom. The summed E-state index contributed by atoms with van der Waals surface area (Å²) < 4.78 is 0. The van der Waals surface area contributed by atoms with Crippen molar-refractivity contribution in [1.82, 2.24) is 4.98 Å². The van der Waals surface area contributed by atoms with Crippen molar-refractivity contribution in [2.75, 3.05) is 0 Å². The van der Waals surface area contributed by atoms with Gasteiger partial charge in [-0.3, -0.25) is 0 Å². The smallest absolute Gasteiger partial charge is 0.0709 e. The summed E-state index contributed by atoms with van der Waals surface area (Å²) in [7, 11) is 0. The molecule has 0 amide bonds. The molecule has 236 valence electrons. The highest BCUT2D eigenvalue weighted by atomic mass is 14.7. The molecule has 0 unspecified atom stereocenters. The molecule has 8 aromatic carbocycles. The molecule has 0 atom stereocenters. The Balaban J connectivity index is 1.02. The van der Waals surface area contributed by atoms with Gasteiger partial charge in [-0.15, -0.1) is 0 Å². The molecule has 1 nitrogen and oxygen atoms in total. The van der Waals surface area contributed by atoms with Crippen molar-refractivity contribution >= 4 is 43.1 Å². The lowest BCUT2D eigenvalue weighted by Gasteiger charge is -2.23. The topological polar surface area (TPSA) is 12.9 Å². The van der Waals surface area contributed by atoms with E-state index in [0.717, 1.165) is 22.5 Å². The third kappa shape index (κ3) is 3.59. The van der Waals surface area contributed by atoms with Gasteiger partial charge in [-0.1, -0.05) is 125 Å². The standard InChI is InChI=1S/C49H35N/c1-48(2)39-25-32(18-20-35(39)38-23-30-9-5-6-10-31(30)24-41(38)48)43-13-8-14-44(50-43)33-19-21-36-40(26-33)49(3,4)42-27-34-16-15-28-11-7-12-29-17-22-37(47(36)42)46(34)45(28)29/h5-27H,1-4H3. The molecule has 9 aromatic rings. The zero-order valence-corrected chi connectivity index (χ0v) is 28.7. The molecule has 0 saturated heterocycles. The highest BCUT2D eigenvalue weighted by Crippen LogP contribution is 2.55. The van der Waals surface area contributed by atoms with Gasteiger partial charge in [0.1, 0.15) is 0 Å². The van der Waals surface area contributed by atoms with E-state index in [1.165, 1.54) is 87.6 Å². The Bertz CT molecular complexity index is 2910. The minimum Gasteiger partial charge on any atom is -0.248 e. The molecule has 0 fully saturated rings. The largest absolute Gasteiger partial charge is 0.248 e. The van der Waals surface area contributed by atoms with Crippen LogP contribution in [0.4, 0.5) is 0 Å². The number of rotatable bonds is 2. The lowest BCUT2D eigenvalue weighted by Crippen LogP contribution is -2.15. The van der Waals surface area contributed by atoms with E-state index >= 15 is 0 Å². The maximum Gasteiger partial charge on any atom is 0.0709 e. The maximum absolute atomic E-state index is 5.31. The molecule has 0 N–H and O–H groups in total. The normalized spacial score (nSPS) is 15.1. The summed E-state index contributed by atoms with van der Waals surface area (Å²) in [5, 5.41) is 10.7. The van der Waals surface area contributed by atoms with Crippen LogP contribution >= 0.6 is 0 Å². The summed E-state index contributed by atoms with van der Waals surface area (Å²) in [5.41, 5.74) is 15.1.